The molecular formula is C14H17ClFN3. The molecule has 0 atom stereocenters. The Kier molecular flexibility index (Phi) is 4.93. The lowest BCUT2D eigenvalue weighted by atomic mass is 10.2. The molecule has 1 heterocycles. The normalized spacial score (nSPS) is 10.9. The zero-order valence-electron chi connectivity index (χ0n) is 10.9. The minimum Gasteiger partial charge on any atom is -0.311 e. The summed E-state index contributed by atoms with van der Waals surface area (Å²) < 4.78 is 14.9. The van der Waals surface area contributed by atoms with Crippen molar-refractivity contribution in [2.24, 2.45) is 0 Å². The molecule has 0 bridgehead atoms. The van der Waals surface area contributed by atoms with Gasteiger partial charge in [-0.05, 0) is 42.8 Å². The molecule has 2 rings (SSSR count). The number of hydrogen-bond donors (Lipinski definition) is 1. The lowest BCUT2D eigenvalue weighted by molar-refractivity contribution is 0.612. The largest absolute Gasteiger partial charge is 0.311 e. The van der Waals surface area contributed by atoms with E-state index >= 15 is 0 Å². The van der Waals surface area contributed by atoms with Gasteiger partial charge in [-0.15, -0.1) is 0 Å². The van der Waals surface area contributed by atoms with Crippen LogP contribution in [-0.4, -0.2) is 16.3 Å². The summed E-state index contributed by atoms with van der Waals surface area (Å²) in [5.41, 5.74) is 1.71. The first-order valence-corrected chi connectivity index (χ1v) is 6.74. The van der Waals surface area contributed by atoms with Gasteiger partial charge in [0, 0.05) is 17.8 Å². The standard InChI is InChI=1S/C14H17ClFN3/c1-2-6-17-9-13-5-7-19(18-13)10-11-8-12(16)3-4-14(11)15/h3-5,7-8,17H,2,6,9-10H2,1H3. The Bertz CT molecular complexity index is 539. The highest BCUT2D eigenvalue weighted by Crippen LogP contribution is 2.18. The molecule has 0 spiro atoms. The zero-order valence-corrected chi connectivity index (χ0v) is 11.6. The van der Waals surface area contributed by atoms with Gasteiger partial charge in [0.15, 0.2) is 0 Å². The molecule has 102 valence electrons. The van der Waals surface area contributed by atoms with Gasteiger partial charge in [-0.2, -0.15) is 5.10 Å². The van der Waals surface area contributed by atoms with Crippen LogP contribution in [0.1, 0.15) is 24.6 Å². The first-order chi connectivity index (χ1) is 9.19. The lowest BCUT2D eigenvalue weighted by Gasteiger charge is -2.05. The molecule has 2 aromatic rings. The SMILES string of the molecule is CCCNCc1ccn(Cc2cc(F)ccc2Cl)n1. The summed E-state index contributed by atoms with van der Waals surface area (Å²) in [4.78, 5) is 0. The van der Waals surface area contributed by atoms with E-state index in [4.69, 9.17) is 11.6 Å². The van der Waals surface area contributed by atoms with Crippen molar-refractivity contribution >= 4 is 11.6 Å². The molecule has 0 saturated carbocycles. The number of rotatable bonds is 6. The third-order valence-electron chi connectivity index (χ3n) is 2.77. The molecule has 3 nitrogen and oxygen atoms in total. The molecule has 1 N–H and O–H groups in total. The second kappa shape index (κ2) is 6.68. The van der Waals surface area contributed by atoms with Gasteiger partial charge in [-0.25, -0.2) is 4.39 Å². The number of halogens is 2. The van der Waals surface area contributed by atoms with Crippen LogP contribution < -0.4 is 5.32 Å². The van der Waals surface area contributed by atoms with E-state index in [-0.39, 0.29) is 5.82 Å². The number of benzene rings is 1. The van der Waals surface area contributed by atoms with E-state index in [1.165, 1.54) is 12.1 Å². The molecule has 1 aromatic carbocycles. The second-order valence-electron chi connectivity index (χ2n) is 4.42. The van der Waals surface area contributed by atoms with Crippen molar-refractivity contribution in [1.29, 1.82) is 0 Å². The van der Waals surface area contributed by atoms with Crippen LogP contribution in [0, 0.1) is 5.82 Å². The average Bonchev–Trinajstić information content (AvgIpc) is 2.82. The van der Waals surface area contributed by atoms with E-state index < -0.39 is 0 Å². The Balaban J connectivity index is 2.01. The van der Waals surface area contributed by atoms with Crippen LogP contribution >= 0.6 is 11.6 Å². The zero-order chi connectivity index (χ0) is 13.7. The Morgan fingerprint density at radius 3 is 3.00 bits per heavy atom. The molecule has 0 aliphatic heterocycles. The van der Waals surface area contributed by atoms with Crippen LogP contribution in [0.2, 0.25) is 5.02 Å². The molecule has 0 amide bonds. The van der Waals surface area contributed by atoms with E-state index in [1.807, 2.05) is 12.3 Å². The van der Waals surface area contributed by atoms with E-state index in [9.17, 15) is 4.39 Å². The fourth-order valence-electron chi connectivity index (χ4n) is 1.82. The van der Waals surface area contributed by atoms with E-state index in [0.29, 0.717) is 11.6 Å². The minimum atomic E-state index is -0.281. The van der Waals surface area contributed by atoms with E-state index in [0.717, 1.165) is 30.8 Å². The lowest BCUT2D eigenvalue weighted by Crippen LogP contribution is -2.14. The van der Waals surface area contributed by atoms with Gasteiger partial charge < -0.3 is 5.32 Å². The van der Waals surface area contributed by atoms with Crippen molar-refractivity contribution in [3.63, 3.8) is 0 Å². The molecule has 0 aliphatic rings. The summed E-state index contributed by atoms with van der Waals surface area (Å²) in [7, 11) is 0. The summed E-state index contributed by atoms with van der Waals surface area (Å²) in [5, 5.41) is 8.27. The highest BCUT2D eigenvalue weighted by atomic mass is 35.5. The average molecular weight is 282 g/mol. The fraction of sp³-hybridized carbons (Fsp3) is 0.357. The van der Waals surface area contributed by atoms with Crippen molar-refractivity contribution in [2.75, 3.05) is 6.54 Å². The number of nitrogens with zero attached hydrogens (tertiary/aromatic N) is 2. The van der Waals surface area contributed by atoms with Crippen LogP contribution in [0.25, 0.3) is 0 Å². The molecule has 1 aromatic heterocycles. The number of aromatic nitrogens is 2. The van der Waals surface area contributed by atoms with Gasteiger partial charge in [0.1, 0.15) is 5.82 Å². The molecule has 0 unspecified atom stereocenters. The molecule has 19 heavy (non-hydrogen) atoms. The summed E-state index contributed by atoms with van der Waals surface area (Å²) in [5.74, 6) is -0.281. The van der Waals surface area contributed by atoms with Crippen LogP contribution in [0.15, 0.2) is 30.5 Å². The van der Waals surface area contributed by atoms with Gasteiger partial charge in [0.25, 0.3) is 0 Å². The molecule has 0 saturated heterocycles. The summed E-state index contributed by atoms with van der Waals surface area (Å²) in [6, 6.07) is 6.32. The summed E-state index contributed by atoms with van der Waals surface area (Å²) >= 11 is 6.04. The Hall–Kier alpha value is -1.39. The maximum absolute atomic E-state index is 13.2. The first-order valence-electron chi connectivity index (χ1n) is 6.36. The monoisotopic (exact) mass is 281 g/mol. The third kappa shape index (κ3) is 4.04. The predicted molar refractivity (Wildman–Crippen MR) is 74.7 cm³/mol. The third-order valence-corrected chi connectivity index (χ3v) is 3.14. The minimum absolute atomic E-state index is 0.281. The predicted octanol–water partition coefficient (Wildman–Crippen LogP) is 3.22. The molecular weight excluding hydrogens is 265 g/mol. The van der Waals surface area contributed by atoms with Crippen molar-refractivity contribution in [2.45, 2.75) is 26.4 Å². The molecule has 0 fully saturated rings. The van der Waals surface area contributed by atoms with Crippen molar-refractivity contribution in [3.05, 3.63) is 52.6 Å². The van der Waals surface area contributed by atoms with Gasteiger partial charge >= 0.3 is 0 Å². The Morgan fingerprint density at radius 1 is 1.37 bits per heavy atom. The Morgan fingerprint density at radius 2 is 2.21 bits per heavy atom. The van der Waals surface area contributed by atoms with Crippen molar-refractivity contribution < 1.29 is 4.39 Å². The van der Waals surface area contributed by atoms with Crippen LogP contribution in [0.5, 0.6) is 0 Å². The number of nitrogens with one attached hydrogen (secondary N) is 1. The quantitative estimate of drug-likeness (QED) is 0.824. The van der Waals surface area contributed by atoms with Crippen LogP contribution in [0.4, 0.5) is 4.39 Å². The number of hydrogen-bond acceptors (Lipinski definition) is 2. The fourth-order valence-corrected chi connectivity index (χ4v) is 2.00. The van der Waals surface area contributed by atoms with E-state index in [1.54, 1.807) is 10.7 Å². The maximum atomic E-state index is 13.2. The smallest absolute Gasteiger partial charge is 0.123 e. The highest BCUT2D eigenvalue weighted by molar-refractivity contribution is 6.31. The summed E-state index contributed by atoms with van der Waals surface area (Å²) in [6.07, 6.45) is 2.98. The highest BCUT2D eigenvalue weighted by Gasteiger charge is 2.05. The summed E-state index contributed by atoms with van der Waals surface area (Å²) in [6.45, 7) is 4.32. The molecule has 0 aliphatic carbocycles. The van der Waals surface area contributed by atoms with Gasteiger partial charge in [0.2, 0.25) is 0 Å². The first kappa shape index (κ1) is 14.0. The molecule has 5 heteroatoms. The van der Waals surface area contributed by atoms with Gasteiger partial charge in [0.05, 0.1) is 12.2 Å². The van der Waals surface area contributed by atoms with Crippen LogP contribution in [-0.2, 0) is 13.1 Å². The van der Waals surface area contributed by atoms with Gasteiger partial charge in [-0.1, -0.05) is 18.5 Å². The molecule has 0 radical (unpaired) electrons. The van der Waals surface area contributed by atoms with Gasteiger partial charge in [-0.3, -0.25) is 4.68 Å². The maximum Gasteiger partial charge on any atom is 0.123 e. The topological polar surface area (TPSA) is 29.9 Å². The van der Waals surface area contributed by atoms with E-state index in [2.05, 4.69) is 17.3 Å². The van der Waals surface area contributed by atoms with Crippen molar-refractivity contribution in [3.8, 4) is 0 Å². The van der Waals surface area contributed by atoms with Crippen LogP contribution in [0.3, 0.4) is 0 Å². The Labute approximate surface area is 117 Å². The van der Waals surface area contributed by atoms with Crippen molar-refractivity contribution in [1.82, 2.24) is 15.1 Å². The second-order valence-corrected chi connectivity index (χ2v) is 4.82.